The average molecular weight is 598 g/mol. The molecular formula is C31H43N5O5S. The summed E-state index contributed by atoms with van der Waals surface area (Å²) in [6.45, 7) is 1.39. The Hall–Kier alpha value is -3.15. The number of benzene rings is 1. The van der Waals surface area contributed by atoms with Crippen molar-refractivity contribution in [3.05, 3.63) is 52.5 Å². The summed E-state index contributed by atoms with van der Waals surface area (Å²) in [5.41, 5.74) is 0.862. The van der Waals surface area contributed by atoms with Crippen LogP contribution in [-0.4, -0.2) is 71.4 Å². The van der Waals surface area contributed by atoms with E-state index in [4.69, 9.17) is 0 Å². The highest BCUT2D eigenvalue weighted by atomic mass is 32.1. The number of aliphatic carboxylic acids is 1. The van der Waals surface area contributed by atoms with Crippen LogP contribution in [0.3, 0.4) is 0 Å². The summed E-state index contributed by atoms with van der Waals surface area (Å²) in [5, 5.41) is 23.5. The van der Waals surface area contributed by atoms with Crippen molar-refractivity contribution < 1.29 is 24.3 Å². The SMILES string of the molecule is O=C(O)CN[C@H](CC1CCCCC1)C(=O)N[C@H](Cc1ccccc1)C(=O)NC(CC1CCNCC1)C(=O)c1nccs1. The van der Waals surface area contributed by atoms with Crippen LogP contribution in [0.2, 0.25) is 0 Å². The van der Waals surface area contributed by atoms with Gasteiger partial charge in [0.2, 0.25) is 17.6 Å². The maximum atomic E-state index is 13.9. The van der Waals surface area contributed by atoms with Crippen molar-refractivity contribution in [2.24, 2.45) is 11.8 Å². The second-order valence-electron chi connectivity index (χ2n) is 11.5. The maximum Gasteiger partial charge on any atom is 0.317 e. The molecule has 1 aliphatic heterocycles. The van der Waals surface area contributed by atoms with Gasteiger partial charge in [0.1, 0.15) is 6.04 Å². The molecule has 1 aromatic carbocycles. The van der Waals surface area contributed by atoms with Crippen LogP contribution in [0.15, 0.2) is 41.9 Å². The predicted octanol–water partition coefficient (Wildman–Crippen LogP) is 2.94. The Morgan fingerprint density at radius 2 is 1.52 bits per heavy atom. The Balaban J connectivity index is 1.52. The van der Waals surface area contributed by atoms with Gasteiger partial charge in [-0.2, -0.15) is 0 Å². The fraction of sp³-hybridized carbons (Fsp3) is 0.581. The summed E-state index contributed by atoms with van der Waals surface area (Å²) in [6, 6.07) is 6.97. The lowest BCUT2D eigenvalue weighted by Crippen LogP contribution is -2.56. The fourth-order valence-electron chi connectivity index (χ4n) is 6.03. The lowest BCUT2D eigenvalue weighted by atomic mass is 9.84. The third-order valence-electron chi connectivity index (χ3n) is 8.33. The van der Waals surface area contributed by atoms with E-state index in [1.165, 1.54) is 17.8 Å². The number of piperidine rings is 1. The second-order valence-corrected chi connectivity index (χ2v) is 12.4. The summed E-state index contributed by atoms with van der Waals surface area (Å²) in [7, 11) is 0. The summed E-state index contributed by atoms with van der Waals surface area (Å²) in [4.78, 5) is 56.5. The molecule has 1 saturated heterocycles. The topological polar surface area (TPSA) is 150 Å². The van der Waals surface area contributed by atoms with E-state index >= 15 is 0 Å². The van der Waals surface area contributed by atoms with Crippen LogP contribution in [0.5, 0.6) is 0 Å². The minimum absolute atomic E-state index is 0.222. The summed E-state index contributed by atoms with van der Waals surface area (Å²) < 4.78 is 0. The molecule has 2 aliphatic rings. The number of ketones is 1. The van der Waals surface area contributed by atoms with Crippen molar-refractivity contribution in [3.8, 4) is 0 Å². The molecule has 1 saturated carbocycles. The number of rotatable bonds is 15. The highest BCUT2D eigenvalue weighted by Gasteiger charge is 2.33. The van der Waals surface area contributed by atoms with Crippen LogP contribution in [0, 0.1) is 11.8 Å². The number of nitrogens with zero attached hydrogens (tertiary/aromatic N) is 1. The highest BCUT2D eigenvalue weighted by Crippen LogP contribution is 2.27. The van der Waals surface area contributed by atoms with Crippen molar-refractivity contribution in [2.75, 3.05) is 19.6 Å². The van der Waals surface area contributed by atoms with E-state index in [0.717, 1.165) is 57.2 Å². The second kappa shape index (κ2) is 16.5. The standard InChI is InChI=1S/C31H43N5O5S/c37-27(38)20-34-25(18-21-7-3-1-4-8-21)29(40)36-26(19-22-9-5-2-6-10-22)30(41)35-24(17-23-11-13-32-14-12-23)28(39)31-33-15-16-42-31/h2,5-6,9-10,15-16,21,23-26,32,34H,1,3-4,7-8,11-14,17-20H2,(H,35,41)(H,36,40)(H,37,38)/t24?,25-,26-/m1/s1. The van der Waals surface area contributed by atoms with E-state index in [9.17, 15) is 24.3 Å². The van der Waals surface area contributed by atoms with E-state index in [1.807, 2.05) is 30.3 Å². The van der Waals surface area contributed by atoms with Crippen LogP contribution < -0.4 is 21.3 Å². The molecule has 3 atom stereocenters. The van der Waals surface area contributed by atoms with Gasteiger partial charge in [-0.3, -0.25) is 24.5 Å². The van der Waals surface area contributed by atoms with Gasteiger partial charge < -0.3 is 21.1 Å². The van der Waals surface area contributed by atoms with Crippen LogP contribution in [0.1, 0.15) is 73.2 Å². The van der Waals surface area contributed by atoms with Crippen LogP contribution in [0.4, 0.5) is 0 Å². The van der Waals surface area contributed by atoms with Gasteiger partial charge in [-0.1, -0.05) is 62.4 Å². The normalized spacial score (nSPS) is 18.5. The minimum Gasteiger partial charge on any atom is -0.480 e. The molecule has 0 radical (unpaired) electrons. The lowest BCUT2D eigenvalue weighted by Gasteiger charge is -2.29. The molecule has 4 rings (SSSR count). The van der Waals surface area contributed by atoms with Crippen molar-refractivity contribution in [1.29, 1.82) is 0 Å². The largest absolute Gasteiger partial charge is 0.480 e. The number of thiazole rings is 1. The van der Waals surface area contributed by atoms with Crippen LogP contribution in [0.25, 0.3) is 0 Å². The Labute approximate surface area is 251 Å². The molecule has 228 valence electrons. The van der Waals surface area contributed by atoms with E-state index < -0.39 is 35.9 Å². The zero-order valence-electron chi connectivity index (χ0n) is 24.1. The molecule has 2 heterocycles. The maximum absolute atomic E-state index is 13.9. The van der Waals surface area contributed by atoms with Crippen LogP contribution >= 0.6 is 11.3 Å². The first-order valence-electron chi connectivity index (χ1n) is 15.1. The van der Waals surface area contributed by atoms with E-state index in [2.05, 4.69) is 26.3 Å². The molecule has 5 N–H and O–H groups in total. The molecule has 0 spiro atoms. The molecule has 2 fully saturated rings. The lowest BCUT2D eigenvalue weighted by molar-refractivity contribution is -0.136. The number of aromatic nitrogens is 1. The quantitative estimate of drug-likeness (QED) is 0.197. The van der Waals surface area contributed by atoms with Crippen molar-refractivity contribution in [2.45, 2.75) is 82.3 Å². The van der Waals surface area contributed by atoms with Gasteiger partial charge in [0.15, 0.2) is 5.01 Å². The number of hydrogen-bond acceptors (Lipinski definition) is 8. The molecule has 11 heteroatoms. The number of amides is 2. The Kier molecular flexibility index (Phi) is 12.5. The van der Waals surface area contributed by atoms with Gasteiger partial charge in [-0.15, -0.1) is 11.3 Å². The first-order valence-corrected chi connectivity index (χ1v) is 16.0. The van der Waals surface area contributed by atoms with Gasteiger partial charge >= 0.3 is 5.97 Å². The molecule has 1 aromatic heterocycles. The average Bonchev–Trinajstić information content (AvgIpc) is 3.55. The number of hydrogen-bond donors (Lipinski definition) is 5. The number of carboxylic acid groups (broad SMARTS) is 1. The zero-order valence-corrected chi connectivity index (χ0v) is 24.9. The van der Waals surface area contributed by atoms with E-state index in [0.29, 0.717) is 23.8 Å². The smallest absolute Gasteiger partial charge is 0.317 e. The molecular weight excluding hydrogens is 554 g/mol. The van der Waals surface area contributed by atoms with Crippen LogP contribution in [-0.2, 0) is 20.8 Å². The van der Waals surface area contributed by atoms with Gasteiger partial charge in [0.05, 0.1) is 18.6 Å². The molecule has 1 aliphatic carbocycles. The van der Waals surface area contributed by atoms with Crippen molar-refractivity contribution in [1.82, 2.24) is 26.3 Å². The third kappa shape index (κ3) is 9.99. The Morgan fingerprint density at radius 3 is 2.19 bits per heavy atom. The van der Waals surface area contributed by atoms with Crippen molar-refractivity contribution in [3.63, 3.8) is 0 Å². The number of carbonyl (C=O) groups excluding carboxylic acids is 3. The highest BCUT2D eigenvalue weighted by molar-refractivity contribution is 7.11. The summed E-state index contributed by atoms with van der Waals surface area (Å²) >= 11 is 1.25. The summed E-state index contributed by atoms with van der Waals surface area (Å²) in [5.74, 6) is -1.51. The zero-order chi connectivity index (χ0) is 29.7. The first-order chi connectivity index (χ1) is 20.4. The van der Waals surface area contributed by atoms with Gasteiger partial charge in [-0.05, 0) is 56.2 Å². The molecule has 10 nitrogen and oxygen atoms in total. The summed E-state index contributed by atoms with van der Waals surface area (Å²) in [6.07, 6.45) is 10.0. The van der Waals surface area contributed by atoms with Crippen molar-refractivity contribution >= 4 is 34.9 Å². The third-order valence-corrected chi connectivity index (χ3v) is 9.12. The van der Waals surface area contributed by atoms with E-state index in [1.54, 1.807) is 11.6 Å². The predicted molar refractivity (Wildman–Crippen MR) is 161 cm³/mol. The molecule has 1 unspecified atom stereocenters. The molecule has 2 aromatic rings. The first kappa shape index (κ1) is 31.8. The minimum atomic E-state index is -1.04. The number of carboxylic acids is 1. The number of nitrogens with one attached hydrogen (secondary N) is 4. The van der Waals surface area contributed by atoms with E-state index in [-0.39, 0.29) is 24.7 Å². The van der Waals surface area contributed by atoms with Gasteiger partial charge in [-0.25, -0.2) is 4.98 Å². The monoisotopic (exact) mass is 597 g/mol. The molecule has 42 heavy (non-hydrogen) atoms. The number of carbonyl (C=O) groups is 4. The fourth-order valence-corrected chi connectivity index (χ4v) is 6.66. The Morgan fingerprint density at radius 1 is 0.881 bits per heavy atom. The van der Waals surface area contributed by atoms with Gasteiger partial charge in [0.25, 0.3) is 0 Å². The molecule has 0 bridgehead atoms. The van der Waals surface area contributed by atoms with Gasteiger partial charge in [0, 0.05) is 18.0 Å². The number of Topliss-reactive ketones (excluding diaryl/α,β-unsaturated/α-hetero) is 1. The Bertz CT molecular complexity index is 1150. The molecule has 2 amide bonds.